The third kappa shape index (κ3) is 2.08. The number of carbonyl (C=O) groups is 1. The molecule has 0 aromatic carbocycles. The van der Waals surface area contributed by atoms with Crippen molar-refractivity contribution in [2.24, 2.45) is 0 Å². The molecule has 4 heteroatoms. The second-order valence-electron chi connectivity index (χ2n) is 3.09. The molecule has 15 heavy (non-hydrogen) atoms. The molecule has 0 unspecified atom stereocenters. The summed E-state index contributed by atoms with van der Waals surface area (Å²) in [5.41, 5.74) is 1.27. The Morgan fingerprint density at radius 3 is 2.80 bits per heavy atom. The predicted octanol–water partition coefficient (Wildman–Crippen LogP) is 3.34. The minimum absolute atomic E-state index is 0.112. The van der Waals surface area contributed by atoms with E-state index in [1.165, 1.54) is 11.3 Å². The van der Waals surface area contributed by atoms with E-state index in [1.54, 1.807) is 17.5 Å². The molecule has 2 aromatic heterocycles. The largest absolute Gasteiger partial charge is 0.286 e. The van der Waals surface area contributed by atoms with E-state index in [4.69, 9.17) is 11.6 Å². The molecule has 0 bridgehead atoms. The lowest BCUT2D eigenvalue weighted by Crippen LogP contribution is -2.02. The van der Waals surface area contributed by atoms with E-state index in [-0.39, 0.29) is 5.78 Å². The Morgan fingerprint density at radius 2 is 2.20 bits per heavy atom. The third-order valence-corrected chi connectivity index (χ3v) is 3.28. The molecule has 0 saturated carbocycles. The summed E-state index contributed by atoms with van der Waals surface area (Å²) in [5, 5.41) is 2.29. The molecule has 0 aliphatic heterocycles. The molecule has 0 spiro atoms. The van der Waals surface area contributed by atoms with Crippen molar-refractivity contribution in [3.05, 3.63) is 50.9 Å². The SMILES string of the molecule is Cc1cccc(C(=O)c2sccc2Cl)n1. The van der Waals surface area contributed by atoms with Crippen LogP contribution in [-0.2, 0) is 0 Å². The van der Waals surface area contributed by atoms with Crippen molar-refractivity contribution in [1.29, 1.82) is 0 Å². The van der Waals surface area contributed by atoms with Crippen molar-refractivity contribution >= 4 is 28.7 Å². The number of halogens is 1. The van der Waals surface area contributed by atoms with Gasteiger partial charge in [0.1, 0.15) is 5.69 Å². The smallest absolute Gasteiger partial charge is 0.222 e. The van der Waals surface area contributed by atoms with Gasteiger partial charge in [0, 0.05) is 5.69 Å². The highest BCUT2D eigenvalue weighted by Crippen LogP contribution is 2.24. The highest BCUT2D eigenvalue weighted by Gasteiger charge is 2.15. The van der Waals surface area contributed by atoms with Crippen molar-refractivity contribution in [3.63, 3.8) is 0 Å². The van der Waals surface area contributed by atoms with E-state index in [0.29, 0.717) is 15.6 Å². The number of hydrogen-bond donors (Lipinski definition) is 0. The van der Waals surface area contributed by atoms with Crippen LogP contribution in [0, 0.1) is 6.92 Å². The fourth-order valence-corrected chi connectivity index (χ4v) is 2.33. The third-order valence-electron chi connectivity index (χ3n) is 1.94. The Labute approximate surface area is 96.5 Å². The molecule has 0 aliphatic carbocycles. The normalized spacial score (nSPS) is 10.3. The first-order chi connectivity index (χ1) is 7.18. The molecule has 0 atom stereocenters. The number of pyridine rings is 1. The second kappa shape index (κ2) is 4.13. The topological polar surface area (TPSA) is 30.0 Å². The minimum Gasteiger partial charge on any atom is -0.286 e. The van der Waals surface area contributed by atoms with Crippen LogP contribution < -0.4 is 0 Å². The van der Waals surface area contributed by atoms with Gasteiger partial charge in [-0.3, -0.25) is 4.79 Å². The summed E-state index contributed by atoms with van der Waals surface area (Å²) in [6.45, 7) is 1.85. The van der Waals surface area contributed by atoms with Crippen LogP contribution in [0.4, 0.5) is 0 Å². The zero-order chi connectivity index (χ0) is 10.8. The molecule has 0 saturated heterocycles. The molecule has 2 aromatic rings. The molecule has 2 heterocycles. The Kier molecular flexibility index (Phi) is 2.84. The lowest BCUT2D eigenvalue weighted by molar-refractivity contribution is 0.103. The van der Waals surface area contributed by atoms with Gasteiger partial charge < -0.3 is 0 Å². The van der Waals surface area contributed by atoms with E-state index in [0.717, 1.165) is 5.69 Å². The van der Waals surface area contributed by atoms with Crippen LogP contribution in [0.1, 0.15) is 21.1 Å². The molecule has 2 rings (SSSR count). The Morgan fingerprint density at radius 1 is 1.40 bits per heavy atom. The summed E-state index contributed by atoms with van der Waals surface area (Å²) in [7, 11) is 0. The van der Waals surface area contributed by atoms with E-state index in [1.807, 2.05) is 19.1 Å². The van der Waals surface area contributed by atoms with Crippen molar-refractivity contribution in [1.82, 2.24) is 4.98 Å². The first kappa shape index (κ1) is 10.3. The van der Waals surface area contributed by atoms with E-state index in [9.17, 15) is 4.79 Å². The van der Waals surface area contributed by atoms with E-state index >= 15 is 0 Å². The number of nitrogens with zero attached hydrogens (tertiary/aromatic N) is 1. The van der Waals surface area contributed by atoms with Crippen LogP contribution in [0.5, 0.6) is 0 Å². The summed E-state index contributed by atoms with van der Waals surface area (Å²) >= 11 is 7.22. The standard InChI is InChI=1S/C11H8ClNOS/c1-7-3-2-4-9(13-7)10(14)11-8(12)5-6-15-11/h2-6H,1H3. The van der Waals surface area contributed by atoms with Gasteiger partial charge in [0.25, 0.3) is 0 Å². The molecule has 0 radical (unpaired) electrons. The number of rotatable bonds is 2. The Bertz CT molecular complexity index is 507. The number of thiophene rings is 1. The van der Waals surface area contributed by atoms with Gasteiger partial charge in [-0.05, 0) is 30.5 Å². The fourth-order valence-electron chi connectivity index (χ4n) is 1.24. The van der Waals surface area contributed by atoms with Crippen LogP contribution in [0.3, 0.4) is 0 Å². The summed E-state index contributed by atoms with van der Waals surface area (Å²) in [6, 6.07) is 7.09. The number of aromatic nitrogens is 1. The van der Waals surface area contributed by atoms with Crippen LogP contribution in [0.25, 0.3) is 0 Å². The molecule has 0 N–H and O–H groups in total. The molecule has 76 valence electrons. The first-order valence-corrected chi connectivity index (χ1v) is 5.65. The molecular weight excluding hydrogens is 230 g/mol. The van der Waals surface area contributed by atoms with Gasteiger partial charge in [-0.1, -0.05) is 17.7 Å². The Balaban J connectivity index is 2.41. The summed E-state index contributed by atoms with van der Waals surface area (Å²) < 4.78 is 0. The van der Waals surface area contributed by atoms with Gasteiger partial charge in [0.15, 0.2) is 0 Å². The van der Waals surface area contributed by atoms with E-state index in [2.05, 4.69) is 4.98 Å². The number of ketones is 1. The van der Waals surface area contributed by atoms with Crippen molar-refractivity contribution < 1.29 is 4.79 Å². The molecular formula is C11H8ClNOS. The number of carbonyl (C=O) groups excluding carboxylic acids is 1. The van der Waals surface area contributed by atoms with Gasteiger partial charge in [-0.2, -0.15) is 0 Å². The lowest BCUT2D eigenvalue weighted by Gasteiger charge is -1.99. The van der Waals surface area contributed by atoms with Gasteiger partial charge in [0.05, 0.1) is 9.90 Å². The van der Waals surface area contributed by atoms with Crippen molar-refractivity contribution in [3.8, 4) is 0 Å². The first-order valence-electron chi connectivity index (χ1n) is 4.40. The van der Waals surface area contributed by atoms with Gasteiger partial charge in [-0.15, -0.1) is 11.3 Å². The van der Waals surface area contributed by atoms with Crippen LogP contribution >= 0.6 is 22.9 Å². The summed E-state index contributed by atoms with van der Waals surface area (Å²) in [5.74, 6) is -0.112. The predicted molar refractivity (Wildman–Crippen MR) is 61.7 cm³/mol. The maximum atomic E-state index is 11.9. The van der Waals surface area contributed by atoms with Crippen LogP contribution in [-0.4, -0.2) is 10.8 Å². The maximum Gasteiger partial charge on any atom is 0.222 e. The van der Waals surface area contributed by atoms with Crippen LogP contribution in [0.15, 0.2) is 29.6 Å². The monoisotopic (exact) mass is 237 g/mol. The molecule has 0 amide bonds. The Hall–Kier alpha value is -1.19. The molecule has 0 aliphatic rings. The number of hydrogen-bond acceptors (Lipinski definition) is 3. The minimum atomic E-state index is -0.112. The zero-order valence-corrected chi connectivity index (χ0v) is 9.60. The quantitative estimate of drug-likeness (QED) is 0.750. The highest BCUT2D eigenvalue weighted by molar-refractivity contribution is 7.13. The molecule has 0 fully saturated rings. The second-order valence-corrected chi connectivity index (χ2v) is 4.41. The maximum absolute atomic E-state index is 11.9. The van der Waals surface area contributed by atoms with Gasteiger partial charge in [-0.25, -0.2) is 4.98 Å². The number of aryl methyl sites for hydroxylation is 1. The van der Waals surface area contributed by atoms with Crippen LogP contribution in [0.2, 0.25) is 5.02 Å². The summed E-state index contributed by atoms with van der Waals surface area (Å²) in [4.78, 5) is 16.7. The highest BCUT2D eigenvalue weighted by atomic mass is 35.5. The van der Waals surface area contributed by atoms with Crippen molar-refractivity contribution in [2.45, 2.75) is 6.92 Å². The zero-order valence-electron chi connectivity index (χ0n) is 8.03. The summed E-state index contributed by atoms with van der Waals surface area (Å²) in [6.07, 6.45) is 0. The van der Waals surface area contributed by atoms with Gasteiger partial charge >= 0.3 is 0 Å². The van der Waals surface area contributed by atoms with Crippen molar-refractivity contribution in [2.75, 3.05) is 0 Å². The molecule has 2 nitrogen and oxygen atoms in total. The van der Waals surface area contributed by atoms with Gasteiger partial charge in [0.2, 0.25) is 5.78 Å². The average Bonchev–Trinajstić information content (AvgIpc) is 2.63. The average molecular weight is 238 g/mol. The lowest BCUT2D eigenvalue weighted by atomic mass is 10.2. The van der Waals surface area contributed by atoms with E-state index < -0.39 is 0 Å². The fraction of sp³-hybridized carbons (Fsp3) is 0.0909.